The van der Waals surface area contributed by atoms with Crippen LogP contribution in [-0.4, -0.2) is 16.4 Å². The smallest absolute Gasteiger partial charge is 0.368 e. The summed E-state index contributed by atoms with van der Waals surface area (Å²) in [6, 6.07) is 3.34. The molecule has 3 N–H and O–H groups in total. The van der Waals surface area contributed by atoms with E-state index in [4.69, 9.17) is 5.73 Å². The number of hydrogen-bond donors (Lipinski definition) is 2. The van der Waals surface area contributed by atoms with Crippen LogP contribution in [0.4, 0.5) is 18.3 Å². The van der Waals surface area contributed by atoms with Crippen molar-refractivity contribution in [2.45, 2.75) is 25.6 Å². The van der Waals surface area contributed by atoms with Crippen LogP contribution in [0, 0.1) is 0 Å². The molecule has 0 aliphatic rings. The third-order valence-electron chi connectivity index (χ3n) is 2.75. The van der Waals surface area contributed by atoms with E-state index in [0.717, 1.165) is 23.5 Å². The first kappa shape index (κ1) is 14.6. The van der Waals surface area contributed by atoms with Crippen LogP contribution < -0.4 is 11.1 Å². The summed E-state index contributed by atoms with van der Waals surface area (Å²) in [5, 5.41) is 3.17. The van der Waals surface area contributed by atoms with Crippen LogP contribution in [0.5, 0.6) is 0 Å². The molecule has 0 aliphatic carbocycles. The van der Waals surface area contributed by atoms with Gasteiger partial charge in [0, 0.05) is 0 Å². The van der Waals surface area contributed by atoms with Crippen molar-refractivity contribution in [1.29, 1.82) is 0 Å². The molecule has 8 heteroatoms. The fraction of sp³-hybridized carbons (Fsp3) is 0.333. The number of nitrogens with two attached hydrogens (primary N) is 1. The van der Waals surface area contributed by atoms with E-state index in [-0.39, 0.29) is 5.52 Å². The van der Waals surface area contributed by atoms with Gasteiger partial charge in [-0.3, -0.25) is 4.79 Å². The molecule has 0 atom stereocenters. The maximum Gasteiger partial charge on any atom is 0.416 e. The van der Waals surface area contributed by atoms with Crippen molar-refractivity contribution < 1.29 is 18.0 Å². The summed E-state index contributed by atoms with van der Waals surface area (Å²) < 4.78 is 38.4. The monoisotopic (exact) mass is 303 g/mol. The first-order valence-electron chi connectivity index (χ1n) is 5.65. The minimum atomic E-state index is -4.40. The number of rotatable bonds is 3. The maximum atomic E-state index is 12.6. The van der Waals surface area contributed by atoms with E-state index in [9.17, 15) is 18.0 Å². The number of thiazole rings is 1. The molecule has 4 nitrogen and oxygen atoms in total. The van der Waals surface area contributed by atoms with Crippen molar-refractivity contribution in [3.63, 3.8) is 0 Å². The molecule has 0 bridgehead atoms. The van der Waals surface area contributed by atoms with Crippen LogP contribution in [0.2, 0.25) is 0 Å². The summed E-state index contributed by atoms with van der Waals surface area (Å²) in [6.07, 6.45) is -4.40. The van der Waals surface area contributed by atoms with E-state index < -0.39 is 23.2 Å². The largest absolute Gasteiger partial charge is 0.416 e. The summed E-state index contributed by atoms with van der Waals surface area (Å²) in [7, 11) is 0. The minimum absolute atomic E-state index is 0.229. The summed E-state index contributed by atoms with van der Waals surface area (Å²) in [5.74, 6) is -0.576. The molecular weight excluding hydrogens is 291 g/mol. The number of fused-ring (bicyclic) bond motifs is 1. The lowest BCUT2D eigenvalue weighted by Gasteiger charge is -2.21. The molecule has 1 heterocycles. The Balaban J connectivity index is 2.37. The second-order valence-corrected chi connectivity index (χ2v) is 5.84. The molecule has 1 amide bonds. The van der Waals surface area contributed by atoms with Crippen LogP contribution in [0.1, 0.15) is 19.4 Å². The van der Waals surface area contributed by atoms with Gasteiger partial charge in [0.2, 0.25) is 5.91 Å². The highest BCUT2D eigenvalue weighted by atomic mass is 32.1. The highest BCUT2D eigenvalue weighted by Crippen LogP contribution is 2.34. The van der Waals surface area contributed by atoms with Gasteiger partial charge in [-0.2, -0.15) is 13.2 Å². The normalized spacial score (nSPS) is 12.7. The first-order chi connectivity index (χ1) is 9.09. The highest BCUT2D eigenvalue weighted by molar-refractivity contribution is 7.22. The van der Waals surface area contributed by atoms with Gasteiger partial charge in [-0.1, -0.05) is 11.3 Å². The minimum Gasteiger partial charge on any atom is -0.368 e. The number of benzene rings is 1. The highest BCUT2D eigenvalue weighted by Gasteiger charge is 2.31. The number of nitrogens with one attached hydrogen (secondary N) is 1. The molecule has 1 aromatic carbocycles. The number of anilines is 1. The Hall–Kier alpha value is -1.83. The Bertz CT molecular complexity index is 664. The van der Waals surface area contributed by atoms with Crippen LogP contribution in [0.25, 0.3) is 10.2 Å². The fourth-order valence-electron chi connectivity index (χ4n) is 1.49. The van der Waals surface area contributed by atoms with Gasteiger partial charge in [0.05, 0.1) is 15.8 Å². The second kappa shape index (κ2) is 4.62. The van der Waals surface area contributed by atoms with Gasteiger partial charge < -0.3 is 11.1 Å². The summed E-state index contributed by atoms with van der Waals surface area (Å²) in [4.78, 5) is 15.3. The van der Waals surface area contributed by atoms with Crippen molar-refractivity contribution >= 4 is 32.6 Å². The molecule has 2 rings (SSSR count). The Morgan fingerprint density at radius 3 is 2.55 bits per heavy atom. The zero-order valence-corrected chi connectivity index (χ0v) is 11.5. The van der Waals surface area contributed by atoms with Crippen LogP contribution in [0.15, 0.2) is 18.2 Å². The average molecular weight is 303 g/mol. The number of alkyl halides is 3. The van der Waals surface area contributed by atoms with Gasteiger partial charge in [-0.05, 0) is 32.0 Å². The van der Waals surface area contributed by atoms with E-state index in [2.05, 4.69) is 10.3 Å². The Kier molecular flexibility index (Phi) is 3.37. The second-order valence-electron chi connectivity index (χ2n) is 4.81. The van der Waals surface area contributed by atoms with E-state index in [1.807, 2.05) is 0 Å². The summed E-state index contributed by atoms with van der Waals surface area (Å²) in [6.45, 7) is 3.14. The fourth-order valence-corrected chi connectivity index (χ4v) is 2.49. The molecule has 0 fully saturated rings. The Morgan fingerprint density at radius 1 is 1.35 bits per heavy atom. The zero-order valence-electron chi connectivity index (χ0n) is 10.7. The van der Waals surface area contributed by atoms with Gasteiger partial charge in [0.15, 0.2) is 5.13 Å². The molecule has 0 saturated heterocycles. The third-order valence-corrected chi connectivity index (χ3v) is 3.70. The number of carbonyl (C=O) groups is 1. The lowest BCUT2D eigenvalue weighted by Crippen LogP contribution is -2.44. The standard InChI is InChI=1S/C12H12F3N3OS/c1-11(2,9(16)19)18-10-17-7-5-6(12(13,14)15)3-4-8(7)20-10/h3-5H,1-2H3,(H2,16,19)(H,17,18). The van der Waals surface area contributed by atoms with Crippen molar-refractivity contribution in [2.75, 3.05) is 5.32 Å². The van der Waals surface area contributed by atoms with E-state index in [1.165, 1.54) is 6.07 Å². The predicted octanol–water partition coefficient (Wildman–Crippen LogP) is 2.99. The number of carbonyl (C=O) groups excluding carboxylic acids is 1. The first-order valence-corrected chi connectivity index (χ1v) is 6.47. The summed E-state index contributed by atoms with van der Waals surface area (Å²) in [5.41, 5.74) is 3.67. The Morgan fingerprint density at radius 2 is 2.00 bits per heavy atom. The van der Waals surface area contributed by atoms with Gasteiger partial charge in [-0.15, -0.1) is 0 Å². The topological polar surface area (TPSA) is 68.0 Å². The van der Waals surface area contributed by atoms with E-state index >= 15 is 0 Å². The molecule has 0 radical (unpaired) electrons. The molecule has 0 spiro atoms. The van der Waals surface area contributed by atoms with Crippen LogP contribution >= 0.6 is 11.3 Å². The number of halogens is 3. The molecule has 0 aliphatic heterocycles. The lowest BCUT2D eigenvalue weighted by atomic mass is 10.1. The number of primary amides is 1. The van der Waals surface area contributed by atoms with Gasteiger partial charge in [0.25, 0.3) is 0 Å². The molecule has 0 unspecified atom stereocenters. The SMILES string of the molecule is CC(C)(Nc1nc2cc(C(F)(F)F)ccc2s1)C(N)=O. The van der Waals surface area contributed by atoms with E-state index in [1.54, 1.807) is 13.8 Å². The van der Waals surface area contributed by atoms with E-state index in [0.29, 0.717) is 9.83 Å². The number of hydrogen-bond acceptors (Lipinski definition) is 4. The van der Waals surface area contributed by atoms with Crippen LogP contribution in [-0.2, 0) is 11.0 Å². The lowest BCUT2D eigenvalue weighted by molar-refractivity contribution is -0.137. The van der Waals surface area contributed by atoms with Gasteiger partial charge >= 0.3 is 6.18 Å². The van der Waals surface area contributed by atoms with Crippen molar-refractivity contribution in [3.8, 4) is 0 Å². The number of aromatic nitrogens is 1. The summed E-state index contributed by atoms with van der Waals surface area (Å²) >= 11 is 1.16. The van der Waals surface area contributed by atoms with Gasteiger partial charge in [-0.25, -0.2) is 4.98 Å². The molecule has 2 aromatic rings. The quantitative estimate of drug-likeness (QED) is 0.916. The zero-order chi connectivity index (χ0) is 15.1. The van der Waals surface area contributed by atoms with Crippen molar-refractivity contribution in [2.24, 2.45) is 5.73 Å². The Labute approximate surface area is 116 Å². The molecular formula is C12H12F3N3OS. The maximum absolute atomic E-state index is 12.6. The van der Waals surface area contributed by atoms with Gasteiger partial charge in [0.1, 0.15) is 5.54 Å². The number of nitrogens with zero attached hydrogens (tertiary/aromatic N) is 1. The average Bonchev–Trinajstić information content (AvgIpc) is 2.67. The third kappa shape index (κ3) is 2.84. The predicted molar refractivity (Wildman–Crippen MR) is 71.5 cm³/mol. The van der Waals surface area contributed by atoms with Crippen molar-refractivity contribution in [1.82, 2.24) is 4.98 Å². The van der Waals surface area contributed by atoms with Crippen LogP contribution in [0.3, 0.4) is 0 Å². The number of amides is 1. The van der Waals surface area contributed by atoms with Crippen molar-refractivity contribution in [3.05, 3.63) is 23.8 Å². The molecule has 108 valence electrons. The molecule has 20 heavy (non-hydrogen) atoms. The molecule has 1 aromatic heterocycles. The molecule has 0 saturated carbocycles.